The Hall–Kier alpha value is -2.89. The van der Waals surface area contributed by atoms with Crippen LogP contribution < -0.4 is 5.01 Å². The third-order valence-electron chi connectivity index (χ3n) is 2.71. The predicted octanol–water partition coefficient (Wildman–Crippen LogP) is 2.77. The number of aromatic hydroxyl groups is 1. The van der Waals surface area contributed by atoms with Gasteiger partial charge in [0.05, 0.1) is 16.8 Å². The van der Waals surface area contributed by atoms with E-state index in [2.05, 4.69) is 5.10 Å². The summed E-state index contributed by atoms with van der Waals surface area (Å²) in [5, 5.41) is 25.9. The van der Waals surface area contributed by atoms with Crippen molar-refractivity contribution in [3.8, 4) is 5.75 Å². The van der Waals surface area contributed by atoms with Gasteiger partial charge in [0.1, 0.15) is 0 Å². The molecule has 0 atom stereocenters. The standard InChI is InChI=1S/C14H13N3O3/c1-16(12-5-3-2-4-6-12)15-10-11-7-8-14(18)13(9-11)17(19)20/h2-10,18H,1H3/b15-10-. The van der Waals surface area contributed by atoms with Gasteiger partial charge in [0.25, 0.3) is 0 Å². The van der Waals surface area contributed by atoms with Crippen LogP contribution in [0.5, 0.6) is 5.75 Å². The number of hydrogen-bond acceptors (Lipinski definition) is 5. The minimum absolute atomic E-state index is 0.337. The van der Waals surface area contributed by atoms with Gasteiger partial charge >= 0.3 is 5.69 Å². The van der Waals surface area contributed by atoms with Gasteiger partial charge in [0.15, 0.2) is 5.75 Å². The molecule has 0 amide bonds. The molecule has 0 aliphatic rings. The van der Waals surface area contributed by atoms with Crippen LogP contribution in [-0.4, -0.2) is 23.3 Å². The topological polar surface area (TPSA) is 79.0 Å². The maximum Gasteiger partial charge on any atom is 0.311 e. The molecule has 0 radical (unpaired) electrons. The molecule has 0 aliphatic heterocycles. The highest BCUT2D eigenvalue weighted by Crippen LogP contribution is 2.25. The lowest BCUT2D eigenvalue weighted by Gasteiger charge is -2.12. The van der Waals surface area contributed by atoms with Gasteiger partial charge in [-0.25, -0.2) is 0 Å². The average Bonchev–Trinajstić information content (AvgIpc) is 2.46. The Balaban J connectivity index is 2.20. The van der Waals surface area contributed by atoms with Crippen molar-refractivity contribution < 1.29 is 10.0 Å². The average molecular weight is 271 g/mol. The zero-order valence-electron chi connectivity index (χ0n) is 10.8. The second-order valence-electron chi connectivity index (χ2n) is 4.11. The summed E-state index contributed by atoms with van der Waals surface area (Å²) in [5.74, 6) is -0.358. The molecule has 0 spiro atoms. The normalized spacial score (nSPS) is 10.7. The van der Waals surface area contributed by atoms with Crippen molar-refractivity contribution in [3.63, 3.8) is 0 Å². The van der Waals surface area contributed by atoms with Crippen LogP contribution in [0.15, 0.2) is 53.6 Å². The van der Waals surface area contributed by atoms with E-state index in [1.165, 1.54) is 18.3 Å². The highest BCUT2D eigenvalue weighted by molar-refractivity contribution is 5.82. The zero-order valence-corrected chi connectivity index (χ0v) is 10.8. The van der Waals surface area contributed by atoms with Crippen LogP contribution in [0.2, 0.25) is 0 Å². The first kappa shape index (κ1) is 13.5. The second-order valence-corrected chi connectivity index (χ2v) is 4.11. The Morgan fingerprint density at radius 3 is 2.60 bits per heavy atom. The molecule has 6 heteroatoms. The summed E-state index contributed by atoms with van der Waals surface area (Å²) < 4.78 is 0. The van der Waals surface area contributed by atoms with Crippen LogP contribution >= 0.6 is 0 Å². The van der Waals surface area contributed by atoms with Crippen molar-refractivity contribution in [2.24, 2.45) is 5.10 Å². The van der Waals surface area contributed by atoms with E-state index in [4.69, 9.17) is 0 Å². The first-order chi connectivity index (χ1) is 9.58. The summed E-state index contributed by atoms with van der Waals surface area (Å²) >= 11 is 0. The number of anilines is 1. The summed E-state index contributed by atoms with van der Waals surface area (Å²) in [6.07, 6.45) is 1.50. The maximum absolute atomic E-state index is 10.7. The fourth-order valence-corrected chi connectivity index (χ4v) is 1.63. The van der Waals surface area contributed by atoms with Crippen molar-refractivity contribution in [2.45, 2.75) is 0 Å². The number of benzene rings is 2. The number of nitrogens with zero attached hydrogens (tertiary/aromatic N) is 3. The highest BCUT2D eigenvalue weighted by atomic mass is 16.6. The minimum Gasteiger partial charge on any atom is -0.502 e. The first-order valence-corrected chi connectivity index (χ1v) is 5.88. The third kappa shape index (κ3) is 3.11. The van der Waals surface area contributed by atoms with Crippen LogP contribution in [0.3, 0.4) is 0 Å². The van der Waals surface area contributed by atoms with Gasteiger partial charge in [-0.1, -0.05) is 18.2 Å². The molecular weight excluding hydrogens is 258 g/mol. The number of rotatable bonds is 4. The first-order valence-electron chi connectivity index (χ1n) is 5.88. The SMILES string of the molecule is CN(/N=C\c1ccc(O)c([N+](=O)[O-])c1)c1ccccc1. The quantitative estimate of drug-likeness (QED) is 0.527. The van der Waals surface area contributed by atoms with Crippen molar-refractivity contribution >= 4 is 17.6 Å². The maximum atomic E-state index is 10.7. The van der Waals surface area contributed by atoms with Crippen molar-refractivity contribution in [2.75, 3.05) is 12.1 Å². The summed E-state index contributed by atoms with van der Waals surface area (Å²) in [5.41, 5.74) is 1.10. The number of para-hydroxylation sites is 1. The molecule has 0 bridgehead atoms. The van der Waals surface area contributed by atoms with Gasteiger partial charge in [-0.3, -0.25) is 15.1 Å². The summed E-state index contributed by atoms with van der Waals surface area (Å²) in [6, 6.07) is 13.6. The van der Waals surface area contributed by atoms with Gasteiger partial charge in [-0.2, -0.15) is 5.10 Å². The monoisotopic (exact) mass is 271 g/mol. The zero-order chi connectivity index (χ0) is 14.5. The Morgan fingerprint density at radius 2 is 1.95 bits per heavy atom. The lowest BCUT2D eigenvalue weighted by molar-refractivity contribution is -0.385. The Kier molecular flexibility index (Phi) is 3.95. The Labute approximate surface area is 115 Å². The molecule has 1 N–H and O–H groups in total. The molecule has 0 saturated heterocycles. The molecule has 0 heterocycles. The van der Waals surface area contributed by atoms with Gasteiger partial charge in [-0.05, 0) is 24.3 Å². The second kappa shape index (κ2) is 5.83. The van der Waals surface area contributed by atoms with E-state index >= 15 is 0 Å². The molecular formula is C14H13N3O3. The van der Waals surface area contributed by atoms with E-state index in [9.17, 15) is 15.2 Å². The number of hydrogen-bond donors (Lipinski definition) is 1. The van der Waals surface area contributed by atoms with Crippen LogP contribution in [0.1, 0.15) is 5.56 Å². The fraction of sp³-hybridized carbons (Fsp3) is 0.0714. The molecule has 102 valence electrons. The minimum atomic E-state index is -0.631. The van der Waals surface area contributed by atoms with Gasteiger partial charge in [0.2, 0.25) is 0 Å². The number of phenols is 1. The molecule has 2 aromatic carbocycles. The summed E-state index contributed by atoms with van der Waals surface area (Å²) in [7, 11) is 1.78. The number of hydrazone groups is 1. The van der Waals surface area contributed by atoms with E-state index in [-0.39, 0.29) is 11.4 Å². The molecule has 2 aromatic rings. The number of nitro groups is 1. The third-order valence-corrected chi connectivity index (χ3v) is 2.71. The Bertz CT molecular complexity index is 641. The molecule has 0 unspecified atom stereocenters. The molecule has 0 aromatic heterocycles. The molecule has 6 nitrogen and oxygen atoms in total. The van der Waals surface area contributed by atoms with Crippen LogP contribution in [0, 0.1) is 10.1 Å². The summed E-state index contributed by atoms with van der Waals surface area (Å²) in [6.45, 7) is 0. The molecule has 2 rings (SSSR count). The van der Waals surface area contributed by atoms with Gasteiger partial charge < -0.3 is 5.11 Å². The molecule has 0 fully saturated rings. The summed E-state index contributed by atoms with van der Waals surface area (Å²) in [4.78, 5) is 10.1. The van der Waals surface area contributed by atoms with Gasteiger partial charge in [0, 0.05) is 18.7 Å². The van der Waals surface area contributed by atoms with E-state index in [1.54, 1.807) is 18.1 Å². The smallest absolute Gasteiger partial charge is 0.311 e. The van der Waals surface area contributed by atoms with Crippen LogP contribution in [-0.2, 0) is 0 Å². The molecule has 0 aliphatic carbocycles. The lowest BCUT2D eigenvalue weighted by atomic mass is 10.2. The van der Waals surface area contributed by atoms with Gasteiger partial charge in [-0.15, -0.1) is 0 Å². The predicted molar refractivity (Wildman–Crippen MR) is 77.2 cm³/mol. The number of phenolic OH excluding ortho intramolecular Hbond substituents is 1. The van der Waals surface area contributed by atoms with Crippen molar-refractivity contribution in [1.82, 2.24) is 0 Å². The number of nitro benzene ring substituents is 1. The van der Waals surface area contributed by atoms with Crippen LogP contribution in [0.25, 0.3) is 0 Å². The lowest BCUT2D eigenvalue weighted by Crippen LogP contribution is -2.08. The van der Waals surface area contributed by atoms with E-state index in [1.807, 2.05) is 30.3 Å². The van der Waals surface area contributed by atoms with E-state index in [0.717, 1.165) is 5.69 Å². The van der Waals surface area contributed by atoms with E-state index < -0.39 is 4.92 Å². The van der Waals surface area contributed by atoms with Crippen molar-refractivity contribution in [1.29, 1.82) is 0 Å². The van der Waals surface area contributed by atoms with Crippen LogP contribution in [0.4, 0.5) is 11.4 Å². The molecule has 0 saturated carbocycles. The Morgan fingerprint density at radius 1 is 1.25 bits per heavy atom. The molecule has 20 heavy (non-hydrogen) atoms. The highest BCUT2D eigenvalue weighted by Gasteiger charge is 2.12. The van der Waals surface area contributed by atoms with Crippen molar-refractivity contribution in [3.05, 3.63) is 64.2 Å². The largest absolute Gasteiger partial charge is 0.502 e. The fourth-order valence-electron chi connectivity index (χ4n) is 1.63. The van der Waals surface area contributed by atoms with E-state index in [0.29, 0.717) is 5.56 Å².